The lowest BCUT2D eigenvalue weighted by molar-refractivity contribution is -0.138. The minimum atomic E-state index is -0.753. The Morgan fingerprint density at radius 3 is 2.56 bits per heavy atom. The van der Waals surface area contributed by atoms with Crippen LogP contribution in [-0.2, 0) is 9.59 Å². The predicted octanol–water partition coefficient (Wildman–Crippen LogP) is 0.780. The summed E-state index contributed by atoms with van der Waals surface area (Å²) in [7, 11) is 0. The van der Waals surface area contributed by atoms with Gasteiger partial charge < -0.3 is 15.7 Å². The fourth-order valence-electron chi connectivity index (χ4n) is 2.21. The van der Waals surface area contributed by atoms with Gasteiger partial charge in [-0.25, -0.2) is 0 Å². The number of aliphatic carboxylic acids is 1. The molecule has 0 aromatic heterocycles. The third-order valence-corrected chi connectivity index (χ3v) is 3.98. The first-order chi connectivity index (χ1) is 8.54. The molecule has 1 atom stereocenters. The average Bonchev–Trinajstić information content (AvgIpc) is 2.35. The molecule has 1 saturated heterocycles. The van der Waals surface area contributed by atoms with Crippen molar-refractivity contribution in [2.24, 2.45) is 11.7 Å². The molecule has 0 spiro atoms. The highest BCUT2D eigenvalue weighted by Gasteiger charge is 2.26. The third kappa shape index (κ3) is 4.86. The van der Waals surface area contributed by atoms with Gasteiger partial charge in [-0.15, -0.1) is 0 Å². The number of carbonyl (C=O) groups excluding carboxylic acids is 1. The zero-order chi connectivity index (χ0) is 13.5. The summed E-state index contributed by atoms with van der Waals surface area (Å²) in [5.74, 6) is 0.353. The molecule has 6 heteroatoms. The molecule has 1 rings (SSSR count). The molecule has 0 aromatic rings. The molecule has 0 unspecified atom stereocenters. The Labute approximate surface area is 112 Å². The average molecular weight is 274 g/mol. The quantitative estimate of drug-likeness (QED) is 0.748. The van der Waals surface area contributed by atoms with Crippen molar-refractivity contribution in [1.29, 1.82) is 0 Å². The number of carboxylic acids is 1. The molecule has 1 fully saturated rings. The summed E-state index contributed by atoms with van der Waals surface area (Å²) in [5.41, 5.74) is 5.85. The minimum Gasteiger partial charge on any atom is -0.481 e. The molecule has 0 bridgehead atoms. The molecule has 0 radical (unpaired) electrons. The van der Waals surface area contributed by atoms with Crippen molar-refractivity contribution in [2.45, 2.75) is 31.7 Å². The lowest BCUT2D eigenvalue weighted by atomic mass is 9.93. The van der Waals surface area contributed by atoms with E-state index in [1.165, 1.54) is 0 Å². The highest BCUT2D eigenvalue weighted by molar-refractivity contribution is 7.98. The van der Waals surface area contributed by atoms with Crippen molar-refractivity contribution in [1.82, 2.24) is 4.90 Å². The van der Waals surface area contributed by atoms with Crippen molar-refractivity contribution in [3.05, 3.63) is 0 Å². The van der Waals surface area contributed by atoms with Crippen LogP contribution in [0.2, 0.25) is 0 Å². The first-order valence-electron chi connectivity index (χ1n) is 6.29. The molecule has 0 aliphatic carbocycles. The standard InChI is InChI=1S/C12H22N2O3S/c1-18-7-4-10(13)12(17)14-5-2-9(3-6-14)8-11(15)16/h9-10H,2-8,13H2,1H3,(H,15,16)/t10-/m1/s1. The molecule has 1 aliphatic rings. The first-order valence-corrected chi connectivity index (χ1v) is 7.69. The summed E-state index contributed by atoms with van der Waals surface area (Å²) in [6.07, 6.45) is 4.45. The second kappa shape index (κ2) is 7.63. The van der Waals surface area contributed by atoms with Gasteiger partial charge in [0.25, 0.3) is 0 Å². The number of carboxylic acid groups (broad SMARTS) is 1. The van der Waals surface area contributed by atoms with E-state index in [1.54, 1.807) is 16.7 Å². The second-order valence-corrected chi connectivity index (χ2v) is 5.74. The Hall–Kier alpha value is -0.750. The van der Waals surface area contributed by atoms with E-state index < -0.39 is 12.0 Å². The number of hydrogen-bond acceptors (Lipinski definition) is 4. The van der Waals surface area contributed by atoms with Gasteiger partial charge in [0.05, 0.1) is 6.04 Å². The zero-order valence-electron chi connectivity index (χ0n) is 10.8. The topological polar surface area (TPSA) is 83.6 Å². The molecule has 0 aromatic carbocycles. The van der Waals surface area contributed by atoms with Crippen LogP contribution < -0.4 is 5.73 Å². The molecule has 1 aliphatic heterocycles. The number of rotatable bonds is 6. The van der Waals surface area contributed by atoms with E-state index in [9.17, 15) is 9.59 Å². The fraction of sp³-hybridized carbons (Fsp3) is 0.833. The highest BCUT2D eigenvalue weighted by Crippen LogP contribution is 2.21. The number of hydrogen-bond donors (Lipinski definition) is 2. The van der Waals surface area contributed by atoms with Crippen LogP contribution >= 0.6 is 11.8 Å². The van der Waals surface area contributed by atoms with E-state index in [2.05, 4.69) is 0 Å². The fourth-order valence-corrected chi connectivity index (χ4v) is 2.70. The normalized spacial score (nSPS) is 18.7. The maximum absolute atomic E-state index is 12.0. The van der Waals surface area contributed by atoms with Gasteiger partial charge in [0, 0.05) is 19.5 Å². The third-order valence-electron chi connectivity index (χ3n) is 3.34. The Morgan fingerprint density at radius 1 is 1.44 bits per heavy atom. The van der Waals surface area contributed by atoms with Gasteiger partial charge in [0.2, 0.25) is 5.91 Å². The lowest BCUT2D eigenvalue weighted by Crippen LogP contribution is -2.47. The van der Waals surface area contributed by atoms with Crippen LogP contribution in [0.1, 0.15) is 25.7 Å². The first kappa shape index (κ1) is 15.3. The number of likely N-dealkylation sites (tertiary alicyclic amines) is 1. The van der Waals surface area contributed by atoms with Crippen LogP contribution in [-0.4, -0.2) is 53.0 Å². The summed E-state index contributed by atoms with van der Waals surface area (Å²) in [4.78, 5) is 24.4. The van der Waals surface area contributed by atoms with E-state index in [4.69, 9.17) is 10.8 Å². The van der Waals surface area contributed by atoms with E-state index >= 15 is 0 Å². The highest BCUT2D eigenvalue weighted by atomic mass is 32.2. The smallest absolute Gasteiger partial charge is 0.303 e. The van der Waals surface area contributed by atoms with Crippen LogP contribution in [0.5, 0.6) is 0 Å². The van der Waals surface area contributed by atoms with Crippen LogP contribution in [0.25, 0.3) is 0 Å². The van der Waals surface area contributed by atoms with Gasteiger partial charge >= 0.3 is 5.97 Å². The largest absolute Gasteiger partial charge is 0.481 e. The lowest BCUT2D eigenvalue weighted by Gasteiger charge is -2.33. The number of thioether (sulfide) groups is 1. The molecule has 104 valence electrons. The molecule has 3 N–H and O–H groups in total. The Balaban J connectivity index is 2.33. The monoisotopic (exact) mass is 274 g/mol. The maximum Gasteiger partial charge on any atom is 0.303 e. The van der Waals surface area contributed by atoms with Gasteiger partial charge in [0.1, 0.15) is 0 Å². The van der Waals surface area contributed by atoms with Crippen molar-refractivity contribution < 1.29 is 14.7 Å². The van der Waals surface area contributed by atoms with Gasteiger partial charge in [0.15, 0.2) is 0 Å². The van der Waals surface area contributed by atoms with Crippen LogP contribution in [0.3, 0.4) is 0 Å². The Morgan fingerprint density at radius 2 is 2.06 bits per heavy atom. The SMILES string of the molecule is CSCC[C@@H](N)C(=O)N1CCC(CC(=O)O)CC1. The van der Waals surface area contributed by atoms with Gasteiger partial charge in [-0.1, -0.05) is 0 Å². The van der Waals surface area contributed by atoms with Gasteiger partial charge in [-0.2, -0.15) is 11.8 Å². The van der Waals surface area contributed by atoms with Gasteiger partial charge in [-0.05, 0) is 37.2 Å². The van der Waals surface area contributed by atoms with Crippen molar-refractivity contribution in [3.63, 3.8) is 0 Å². The summed E-state index contributed by atoms with van der Waals surface area (Å²) in [5, 5.41) is 8.72. The Kier molecular flexibility index (Phi) is 6.49. The predicted molar refractivity (Wildman–Crippen MR) is 72.5 cm³/mol. The molecule has 5 nitrogen and oxygen atoms in total. The number of nitrogens with two attached hydrogens (primary N) is 1. The van der Waals surface area contributed by atoms with E-state index in [0.29, 0.717) is 19.5 Å². The molecule has 18 heavy (non-hydrogen) atoms. The molecule has 1 amide bonds. The molecular weight excluding hydrogens is 252 g/mol. The van der Waals surface area contributed by atoms with Gasteiger partial charge in [-0.3, -0.25) is 9.59 Å². The van der Waals surface area contributed by atoms with Crippen LogP contribution in [0.4, 0.5) is 0 Å². The van der Waals surface area contributed by atoms with Crippen molar-refractivity contribution in [3.8, 4) is 0 Å². The van der Waals surface area contributed by atoms with E-state index in [1.807, 2.05) is 6.26 Å². The second-order valence-electron chi connectivity index (χ2n) is 4.75. The minimum absolute atomic E-state index is 0.0119. The summed E-state index contributed by atoms with van der Waals surface area (Å²) < 4.78 is 0. The zero-order valence-corrected chi connectivity index (χ0v) is 11.6. The molecular formula is C12H22N2O3S. The summed E-state index contributed by atoms with van der Waals surface area (Å²) >= 11 is 1.69. The number of carbonyl (C=O) groups is 2. The molecule has 1 heterocycles. The van der Waals surface area contributed by atoms with Crippen LogP contribution in [0.15, 0.2) is 0 Å². The number of piperidine rings is 1. The van der Waals surface area contributed by atoms with Crippen molar-refractivity contribution in [2.75, 3.05) is 25.1 Å². The maximum atomic E-state index is 12.0. The Bertz CT molecular complexity index is 291. The summed E-state index contributed by atoms with van der Waals surface area (Å²) in [6, 6.07) is -0.409. The number of nitrogens with zero attached hydrogens (tertiary/aromatic N) is 1. The van der Waals surface area contributed by atoms with Crippen molar-refractivity contribution >= 4 is 23.6 Å². The number of amides is 1. The molecule has 0 saturated carbocycles. The van der Waals surface area contributed by atoms with Crippen LogP contribution in [0, 0.1) is 5.92 Å². The van der Waals surface area contributed by atoms with E-state index in [-0.39, 0.29) is 18.2 Å². The van der Waals surface area contributed by atoms with E-state index in [0.717, 1.165) is 18.6 Å². The summed E-state index contributed by atoms with van der Waals surface area (Å²) in [6.45, 7) is 1.29.